The fraction of sp³-hybridized carbons (Fsp3) is 0.500. The maximum Gasteiger partial charge on any atom is 0.321 e. The van der Waals surface area contributed by atoms with Crippen molar-refractivity contribution in [2.45, 2.75) is 13.5 Å². The number of carbonyl (C=O) groups excluding carboxylic acids is 1. The van der Waals surface area contributed by atoms with Crippen LogP contribution in [0.2, 0.25) is 5.02 Å². The van der Waals surface area contributed by atoms with Gasteiger partial charge in [0.05, 0.1) is 36.8 Å². The molecule has 1 aromatic carbocycles. The molecule has 2 amide bonds. The molecule has 3 heterocycles. The number of halogens is 1. The monoisotopic (exact) mass is 419 g/mol. The highest BCUT2D eigenvalue weighted by Gasteiger charge is 2.23. The summed E-state index contributed by atoms with van der Waals surface area (Å²) in [7, 11) is 0. The minimum Gasteiger partial charge on any atom is -0.378 e. The van der Waals surface area contributed by atoms with E-state index in [0.717, 1.165) is 49.0 Å². The number of carbonyl (C=O) groups is 1. The first kappa shape index (κ1) is 20.0. The van der Waals surface area contributed by atoms with Crippen LogP contribution in [0.25, 0.3) is 0 Å². The first-order chi connectivity index (χ1) is 14.1. The molecule has 0 radical (unpaired) electrons. The molecule has 2 fully saturated rings. The van der Waals surface area contributed by atoms with Gasteiger partial charge in [0, 0.05) is 50.4 Å². The largest absolute Gasteiger partial charge is 0.378 e. The molecule has 29 heavy (non-hydrogen) atoms. The molecular weight excluding hydrogens is 394 g/mol. The molecule has 2 saturated heterocycles. The molecule has 0 atom stereocenters. The second-order valence-corrected chi connectivity index (χ2v) is 7.83. The maximum absolute atomic E-state index is 12.9. The molecule has 1 aromatic heterocycles. The lowest BCUT2D eigenvalue weighted by atomic mass is 10.2. The number of hydrogen-bond donors (Lipinski definition) is 1. The van der Waals surface area contributed by atoms with Crippen LogP contribution < -0.4 is 10.2 Å². The Bertz CT molecular complexity index is 844. The molecule has 2 aromatic rings. The molecule has 8 nitrogen and oxygen atoms in total. The Balaban J connectivity index is 1.35. The van der Waals surface area contributed by atoms with Crippen molar-refractivity contribution >= 4 is 29.0 Å². The molecule has 0 aliphatic carbocycles. The number of hydrogen-bond acceptors (Lipinski definition) is 6. The number of morpholine rings is 1. The summed E-state index contributed by atoms with van der Waals surface area (Å²) in [5, 5.41) is 7.59. The van der Waals surface area contributed by atoms with E-state index < -0.39 is 0 Å². The highest BCUT2D eigenvalue weighted by molar-refractivity contribution is 6.31. The van der Waals surface area contributed by atoms with E-state index in [0.29, 0.717) is 37.9 Å². The van der Waals surface area contributed by atoms with Gasteiger partial charge < -0.3 is 24.4 Å². The standard InChI is InChI=1S/C20H26ClN5O3/c1-15-12-17(29-23-15)14-24-4-6-26(7-5-24)20(27)22-18-13-16(21)2-3-19(18)25-8-10-28-11-9-25/h2-3,12-13H,4-11,14H2,1H3,(H,22,27). The molecule has 1 N–H and O–H groups in total. The van der Waals surface area contributed by atoms with Gasteiger partial charge in [-0.1, -0.05) is 16.8 Å². The Hall–Kier alpha value is -2.29. The van der Waals surface area contributed by atoms with Crippen LogP contribution in [-0.2, 0) is 11.3 Å². The quantitative estimate of drug-likeness (QED) is 0.821. The Morgan fingerprint density at radius 1 is 1.14 bits per heavy atom. The second-order valence-electron chi connectivity index (χ2n) is 7.39. The Kier molecular flexibility index (Phi) is 6.22. The minimum absolute atomic E-state index is 0.100. The van der Waals surface area contributed by atoms with Crippen molar-refractivity contribution in [3.63, 3.8) is 0 Å². The molecular formula is C20H26ClN5O3. The van der Waals surface area contributed by atoms with Crippen LogP contribution in [0.5, 0.6) is 0 Å². The van der Waals surface area contributed by atoms with E-state index in [-0.39, 0.29) is 6.03 Å². The number of amides is 2. The van der Waals surface area contributed by atoms with Gasteiger partial charge in [-0.3, -0.25) is 4.90 Å². The lowest BCUT2D eigenvalue weighted by molar-refractivity contribution is 0.123. The van der Waals surface area contributed by atoms with Gasteiger partial charge in [0.1, 0.15) is 0 Å². The van der Waals surface area contributed by atoms with Gasteiger partial charge in [-0.05, 0) is 25.1 Å². The number of aromatic nitrogens is 1. The summed E-state index contributed by atoms with van der Waals surface area (Å²) in [6.07, 6.45) is 0. The molecule has 2 aliphatic rings. The number of urea groups is 1. The van der Waals surface area contributed by atoms with Crippen molar-refractivity contribution < 1.29 is 14.1 Å². The van der Waals surface area contributed by atoms with Gasteiger partial charge >= 0.3 is 6.03 Å². The van der Waals surface area contributed by atoms with Crippen LogP contribution in [0, 0.1) is 6.92 Å². The molecule has 0 unspecified atom stereocenters. The Morgan fingerprint density at radius 3 is 2.59 bits per heavy atom. The topological polar surface area (TPSA) is 74.1 Å². The van der Waals surface area contributed by atoms with E-state index in [4.69, 9.17) is 20.9 Å². The smallest absolute Gasteiger partial charge is 0.321 e. The van der Waals surface area contributed by atoms with Gasteiger partial charge in [-0.15, -0.1) is 0 Å². The average Bonchev–Trinajstić information content (AvgIpc) is 3.14. The van der Waals surface area contributed by atoms with Crippen LogP contribution in [-0.4, -0.2) is 73.5 Å². The maximum atomic E-state index is 12.9. The number of benzene rings is 1. The summed E-state index contributed by atoms with van der Waals surface area (Å²) in [4.78, 5) is 19.2. The van der Waals surface area contributed by atoms with E-state index in [1.807, 2.05) is 36.1 Å². The summed E-state index contributed by atoms with van der Waals surface area (Å²) in [6.45, 7) is 8.49. The number of aryl methyl sites for hydroxylation is 1. The third-order valence-corrected chi connectivity index (χ3v) is 5.50. The molecule has 2 aliphatic heterocycles. The molecule has 156 valence electrons. The van der Waals surface area contributed by atoms with Crippen molar-refractivity contribution in [3.8, 4) is 0 Å². The zero-order valence-corrected chi connectivity index (χ0v) is 17.3. The zero-order valence-electron chi connectivity index (χ0n) is 16.6. The van der Waals surface area contributed by atoms with Crippen LogP contribution in [0.15, 0.2) is 28.8 Å². The molecule has 9 heteroatoms. The lowest BCUT2D eigenvalue weighted by Crippen LogP contribution is -2.49. The van der Waals surface area contributed by atoms with Gasteiger partial charge in [-0.25, -0.2) is 4.79 Å². The number of anilines is 2. The zero-order chi connectivity index (χ0) is 20.2. The normalized spacial score (nSPS) is 18.1. The first-order valence-electron chi connectivity index (χ1n) is 9.91. The highest BCUT2D eigenvalue weighted by Crippen LogP contribution is 2.30. The fourth-order valence-electron chi connectivity index (χ4n) is 3.70. The van der Waals surface area contributed by atoms with Gasteiger partial charge in [0.25, 0.3) is 0 Å². The number of rotatable bonds is 4. The third kappa shape index (κ3) is 5.01. The summed E-state index contributed by atoms with van der Waals surface area (Å²) < 4.78 is 10.7. The average molecular weight is 420 g/mol. The van der Waals surface area contributed by atoms with Crippen molar-refractivity contribution in [2.75, 3.05) is 62.7 Å². The summed E-state index contributed by atoms with van der Waals surface area (Å²) in [6, 6.07) is 7.47. The third-order valence-electron chi connectivity index (χ3n) is 5.27. The van der Waals surface area contributed by atoms with E-state index in [9.17, 15) is 4.79 Å². The van der Waals surface area contributed by atoms with Crippen molar-refractivity contribution in [1.29, 1.82) is 0 Å². The van der Waals surface area contributed by atoms with Crippen LogP contribution in [0.3, 0.4) is 0 Å². The SMILES string of the molecule is Cc1cc(CN2CCN(C(=O)Nc3cc(Cl)ccc3N3CCOCC3)CC2)on1. The highest BCUT2D eigenvalue weighted by atomic mass is 35.5. The molecule has 0 spiro atoms. The molecule has 0 saturated carbocycles. The van der Waals surface area contributed by atoms with Crippen LogP contribution in [0.4, 0.5) is 16.2 Å². The fourth-order valence-corrected chi connectivity index (χ4v) is 3.88. The predicted molar refractivity (Wildman–Crippen MR) is 112 cm³/mol. The lowest BCUT2D eigenvalue weighted by Gasteiger charge is -2.35. The number of nitrogens with one attached hydrogen (secondary N) is 1. The van der Waals surface area contributed by atoms with E-state index in [1.165, 1.54) is 0 Å². The van der Waals surface area contributed by atoms with E-state index in [2.05, 4.69) is 20.3 Å². The number of piperazine rings is 1. The van der Waals surface area contributed by atoms with Gasteiger partial charge in [-0.2, -0.15) is 0 Å². The predicted octanol–water partition coefficient (Wildman–Crippen LogP) is 2.82. The van der Waals surface area contributed by atoms with E-state index in [1.54, 1.807) is 0 Å². The van der Waals surface area contributed by atoms with Crippen molar-refractivity contribution in [3.05, 3.63) is 40.7 Å². The molecule has 4 rings (SSSR count). The minimum atomic E-state index is -0.100. The summed E-state index contributed by atoms with van der Waals surface area (Å²) >= 11 is 6.19. The Labute approximate surface area is 175 Å². The van der Waals surface area contributed by atoms with Crippen molar-refractivity contribution in [1.82, 2.24) is 15.0 Å². The number of ether oxygens (including phenoxy) is 1. The first-order valence-corrected chi connectivity index (χ1v) is 10.3. The van der Waals surface area contributed by atoms with Crippen LogP contribution in [0.1, 0.15) is 11.5 Å². The van der Waals surface area contributed by atoms with E-state index >= 15 is 0 Å². The van der Waals surface area contributed by atoms with Crippen molar-refractivity contribution in [2.24, 2.45) is 0 Å². The number of nitrogens with zero attached hydrogens (tertiary/aromatic N) is 4. The Morgan fingerprint density at radius 2 is 1.90 bits per heavy atom. The van der Waals surface area contributed by atoms with Gasteiger partial charge in [0.2, 0.25) is 0 Å². The summed E-state index contributed by atoms with van der Waals surface area (Å²) in [5.74, 6) is 0.856. The second kappa shape index (κ2) is 9.02. The van der Waals surface area contributed by atoms with Crippen LogP contribution >= 0.6 is 11.6 Å². The summed E-state index contributed by atoms with van der Waals surface area (Å²) in [5.41, 5.74) is 2.60. The van der Waals surface area contributed by atoms with Gasteiger partial charge in [0.15, 0.2) is 5.76 Å². The molecule has 0 bridgehead atoms.